The molecule has 5 N–H and O–H groups in total. The Hall–Kier alpha value is -4.01. The molecule has 2 aromatic rings. The third kappa shape index (κ3) is 5.51. The normalized spacial score (nSPS) is 15.9. The summed E-state index contributed by atoms with van der Waals surface area (Å²) in [5.74, 6) is -0.771. The Labute approximate surface area is 173 Å². The van der Waals surface area contributed by atoms with Gasteiger partial charge in [0, 0.05) is 16.9 Å². The number of guanidine groups is 2. The number of rotatable bonds is 5. The van der Waals surface area contributed by atoms with E-state index in [2.05, 4.69) is 25.9 Å². The Morgan fingerprint density at radius 2 is 1.67 bits per heavy atom. The van der Waals surface area contributed by atoms with E-state index in [1.807, 2.05) is 31.2 Å². The van der Waals surface area contributed by atoms with Crippen LogP contribution >= 0.6 is 0 Å². The maximum atomic E-state index is 12.2. The van der Waals surface area contributed by atoms with Crippen LogP contribution in [0.25, 0.3) is 0 Å². The van der Waals surface area contributed by atoms with E-state index in [1.165, 1.54) is 6.92 Å². The van der Waals surface area contributed by atoms with E-state index >= 15 is 0 Å². The Balaban J connectivity index is 1.58. The summed E-state index contributed by atoms with van der Waals surface area (Å²) in [5, 5.41) is 8.08. The molecule has 9 heteroatoms. The molecule has 0 bridgehead atoms. The average molecular weight is 406 g/mol. The molecule has 0 saturated carbocycles. The predicted octanol–water partition coefficient (Wildman–Crippen LogP) is 1.81. The van der Waals surface area contributed by atoms with Crippen molar-refractivity contribution in [2.45, 2.75) is 26.3 Å². The lowest BCUT2D eigenvalue weighted by Gasteiger charge is -2.07. The predicted molar refractivity (Wildman–Crippen MR) is 115 cm³/mol. The fourth-order valence-electron chi connectivity index (χ4n) is 2.73. The van der Waals surface area contributed by atoms with E-state index in [0.29, 0.717) is 11.3 Å². The molecule has 0 fully saturated rings. The molecule has 1 heterocycles. The number of benzene rings is 2. The molecule has 1 aliphatic heterocycles. The quantitative estimate of drug-likeness (QED) is 0.341. The van der Waals surface area contributed by atoms with Crippen LogP contribution in [0.3, 0.4) is 0 Å². The monoisotopic (exact) mass is 406 g/mol. The van der Waals surface area contributed by atoms with Gasteiger partial charge in [-0.05, 0) is 50.2 Å². The van der Waals surface area contributed by atoms with E-state index in [4.69, 9.17) is 5.73 Å². The first kappa shape index (κ1) is 20.7. The molecule has 1 atom stereocenters. The summed E-state index contributed by atoms with van der Waals surface area (Å²) in [6.07, 6.45) is -0.148. The first-order chi connectivity index (χ1) is 14.3. The lowest BCUT2D eigenvalue weighted by Crippen LogP contribution is -2.32. The van der Waals surface area contributed by atoms with E-state index in [-0.39, 0.29) is 30.0 Å². The number of hydrogen-bond acceptors (Lipinski definition) is 5. The van der Waals surface area contributed by atoms with Crippen molar-refractivity contribution < 1.29 is 14.4 Å². The molecular formula is C21H22N6O3. The molecular weight excluding hydrogens is 384 g/mol. The smallest absolute Gasteiger partial charge is 0.252 e. The number of carbonyl (C=O) groups excluding carboxylic acids is 3. The number of nitrogens with zero attached hydrogens (tertiary/aromatic N) is 2. The molecule has 0 radical (unpaired) electrons. The molecule has 9 nitrogen and oxygen atoms in total. The minimum atomic E-state index is -0.896. The van der Waals surface area contributed by atoms with Crippen molar-refractivity contribution in [1.82, 2.24) is 5.32 Å². The molecule has 0 unspecified atom stereocenters. The highest BCUT2D eigenvalue weighted by Gasteiger charge is 2.28. The van der Waals surface area contributed by atoms with Gasteiger partial charge in [0.05, 0.1) is 6.42 Å². The van der Waals surface area contributed by atoms with Gasteiger partial charge in [0.25, 0.3) is 5.91 Å². The fraction of sp³-hybridized carbons (Fsp3) is 0.190. The highest BCUT2D eigenvalue weighted by molar-refractivity contribution is 6.11. The summed E-state index contributed by atoms with van der Waals surface area (Å²) in [6, 6.07) is 13.1. The zero-order chi connectivity index (χ0) is 21.7. The molecule has 0 spiro atoms. The Morgan fingerprint density at radius 1 is 1.07 bits per heavy atom. The molecule has 2 aromatic carbocycles. The highest BCUT2D eigenvalue weighted by atomic mass is 16.2. The second-order valence-corrected chi connectivity index (χ2v) is 6.83. The largest absolute Gasteiger partial charge is 0.369 e. The van der Waals surface area contributed by atoms with Crippen LogP contribution in [0.1, 0.15) is 29.3 Å². The van der Waals surface area contributed by atoms with Crippen LogP contribution in [-0.2, 0) is 9.59 Å². The zero-order valence-corrected chi connectivity index (χ0v) is 16.6. The van der Waals surface area contributed by atoms with E-state index in [9.17, 15) is 14.4 Å². The highest BCUT2D eigenvalue weighted by Crippen LogP contribution is 2.13. The number of aryl methyl sites for hydroxylation is 1. The van der Waals surface area contributed by atoms with Gasteiger partial charge in [0.15, 0.2) is 5.78 Å². The first-order valence-corrected chi connectivity index (χ1v) is 9.27. The third-order valence-electron chi connectivity index (χ3n) is 4.32. The number of ketones is 1. The number of hydrogen-bond donors (Lipinski definition) is 4. The summed E-state index contributed by atoms with van der Waals surface area (Å²) in [6.45, 7) is 3.44. The van der Waals surface area contributed by atoms with Gasteiger partial charge in [-0.1, -0.05) is 17.7 Å². The van der Waals surface area contributed by atoms with E-state index in [1.54, 1.807) is 24.3 Å². The summed E-state index contributed by atoms with van der Waals surface area (Å²) < 4.78 is 0. The fourth-order valence-corrected chi connectivity index (χ4v) is 2.73. The van der Waals surface area contributed by atoms with Crippen molar-refractivity contribution in [3.63, 3.8) is 0 Å². The van der Waals surface area contributed by atoms with Crippen LogP contribution in [0, 0.1) is 6.92 Å². The van der Waals surface area contributed by atoms with Crippen LogP contribution in [0.5, 0.6) is 0 Å². The minimum absolute atomic E-state index is 0.0423. The van der Waals surface area contributed by atoms with Gasteiger partial charge in [-0.25, -0.2) is 4.99 Å². The van der Waals surface area contributed by atoms with Gasteiger partial charge in [-0.3, -0.25) is 19.7 Å². The van der Waals surface area contributed by atoms with Gasteiger partial charge in [0.1, 0.15) is 6.04 Å². The number of nitrogens with one attached hydrogen (secondary N) is 3. The van der Waals surface area contributed by atoms with Crippen molar-refractivity contribution in [2.75, 3.05) is 10.6 Å². The van der Waals surface area contributed by atoms with Gasteiger partial charge in [0.2, 0.25) is 17.8 Å². The first-order valence-electron chi connectivity index (χ1n) is 9.27. The van der Waals surface area contributed by atoms with Crippen molar-refractivity contribution in [3.8, 4) is 0 Å². The molecule has 2 amide bonds. The standard InChI is InChI=1S/C21H22N6O3/c1-12-3-7-16(8-4-12)24-20(22)27-21-25-17(19(30)26-21)11-18(29)23-15-9-5-14(6-10-15)13(2)28/h3-10,17H,11H2,1-2H3,(H,23,29)(H4,22,24,25,26,27,30)/t17-/m0/s1. The molecule has 1 aliphatic rings. The Morgan fingerprint density at radius 3 is 2.30 bits per heavy atom. The van der Waals surface area contributed by atoms with Crippen molar-refractivity contribution >= 4 is 40.9 Å². The van der Waals surface area contributed by atoms with Crippen LogP contribution in [0.4, 0.5) is 11.4 Å². The Kier molecular flexibility index (Phi) is 6.21. The SMILES string of the molecule is CC(=O)c1ccc(NC(=O)C[C@@H]2N=C(N=C(N)Nc3ccc(C)cc3)NC2=O)cc1. The van der Waals surface area contributed by atoms with Crippen LogP contribution in [-0.4, -0.2) is 35.6 Å². The van der Waals surface area contributed by atoms with Crippen LogP contribution in [0.15, 0.2) is 58.5 Å². The summed E-state index contributed by atoms with van der Waals surface area (Å²) in [5.41, 5.74) is 8.79. The maximum absolute atomic E-state index is 12.2. The number of Topliss-reactive ketones (excluding diaryl/α,β-unsaturated/α-hetero) is 1. The zero-order valence-electron chi connectivity index (χ0n) is 16.6. The van der Waals surface area contributed by atoms with Crippen LogP contribution < -0.4 is 21.7 Å². The molecule has 0 aromatic heterocycles. The van der Waals surface area contributed by atoms with E-state index in [0.717, 1.165) is 11.3 Å². The Bertz CT molecular complexity index is 1030. The number of aliphatic imine (C=N–C) groups is 2. The lowest BCUT2D eigenvalue weighted by molar-refractivity contribution is -0.123. The summed E-state index contributed by atoms with van der Waals surface area (Å²) in [7, 11) is 0. The number of anilines is 2. The number of nitrogens with two attached hydrogens (primary N) is 1. The lowest BCUT2D eigenvalue weighted by atomic mass is 10.1. The summed E-state index contributed by atoms with van der Waals surface area (Å²) in [4.78, 5) is 43.8. The van der Waals surface area contributed by atoms with Gasteiger partial charge >= 0.3 is 0 Å². The van der Waals surface area contributed by atoms with E-state index < -0.39 is 11.9 Å². The molecule has 30 heavy (non-hydrogen) atoms. The topological polar surface area (TPSA) is 138 Å². The third-order valence-corrected chi connectivity index (χ3v) is 4.32. The second-order valence-electron chi connectivity index (χ2n) is 6.83. The maximum Gasteiger partial charge on any atom is 0.252 e. The van der Waals surface area contributed by atoms with Gasteiger partial charge < -0.3 is 16.4 Å². The van der Waals surface area contributed by atoms with Crippen LogP contribution in [0.2, 0.25) is 0 Å². The number of amides is 2. The minimum Gasteiger partial charge on any atom is -0.369 e. The van der Waals surface area contributed by atoms with Gasteiger partial charge in [-0.15, -0.1) is 0 Å². The van der Waals surface area contributed by atoms with Gasteiger partial charge in [-0.2, -0.15) is 4.99 Å². The van der Waals surface area contributed by atoms with Crippen molar-refractivity contribution in [3.05, 3.63) is 59.7 Å². The summed E-state index contributed by atoms with van der Waals surface area (Å²) >= 11 is 0. The molecule has 0 aliphatic carbocycles. The average Bonchev–Trinajstić information content (AvgIpc) is 3.02. The molecule has 0 saturated heterocycles. The molecule has 154 valence electrons. The van der Waals surface area contributed by atoms with Crippen molar-refractivity contribution in [1.29, 1.82) is 0 Å². The second kappa shape index (κ2) is 8.99. The number of carbonyl (C=O) groups is 3. The molecule has 3 rings (SSSR count). The van der Waals surface area contributed by atoms with Crippen molar-refractivity contribution in [2.24, 2.45) is 15.7 Å².